The van der Waals surface area contributed by atoms with Crippen molar-refractivity contribution in [1.29, 1.82) is 0 Å². The van der Waals surface area contributed by atoms with Gasteiger partial charge in [0.1, 0.15) is 11.9 Å². The number of aliphatic hydroxyl groups is 1. The second-order valence-corrected chi connectivity index (χ2v) is 6.37. The van der Waals surface area contributed by atoms with Gasteiger partial charge in [0.15, 0.2) is 0 Å². The SMILES string of the molecule is N[N+]12C=CN=CC1=C(C1CCC(CO)CC1)N=C2I. The molecule has 0 aromatic heterocycles. The second-order valence-electron chi connectivity index (χ2n) is 5.41. The first-order valence-electron chi connectivity index (χ1n) is 6.63. The van der Waals surface area contributed by atoms with Crippen molar-refractivity contribution in [3.8, 4) is 0 Å². The molecule has 2 heterocycles. The topological polar surface area (TPSA) is 71.0 Å². The molecule has 0 saturated heterocycles. The number of nitrogens with two attached hydrogens (primary N) is 1. The van der Waals surface area contributed by atoms with Gasteiger partial charge in [0.05, 0.1) is 35.0 Å². The molecule has 1 unspecified atom stereocenters. The van der Waals surface area contributed by atoms with Gasteiger partial charge in [0.25, 0.3) is 3.84 Å². The van der Waals surface area contributed by atoms with E-state index in [-0.39, 0.29) is 4.59 Å². The fourth-order valence-electron chi connectivity index (χ4n) is 3.01. The van der Waals surface area contributed by atoms with Gasteiger partial charge >= 0.3 is 0 Å². The number of halogens is 1. The minimum Gasteiger partial charge on any atom is -0.396 e. The van der Waals surface area contributed by atoms with E-state index in [0.29, 0.717) is 18.4 Å². The number of amidine groups is 1. The molecule has 2 aliphatic heterocycles. The van der Waals surface area contributed by atoms with Crippen LogP contribution in [-0.4, -0.2) is 26.4 Å². The zero-order valence-electron chi connectivity index (χ0n) is 10.7. The molecule has 1 aliphatic carbocycles. The number of nitrogens with zero attached hydrogens (tertiary/aromatic N) is 3. The van der Waals surface area contributed by atoms with Crippen LogP contribution in [0.5, 0.6) is 0 Å². The van der Waals surface area contributed by atoms with Crippen molar-refractivity contribution in [3.63, 3.8) is 0 Å². The fraction of sp³-hybridized carbons (Fsp3) is 0.538. The number of aliphatic hydroxyl groups excluding tert-OH is 1. The Bertz CT molecular complexity index is 503. The van der Waals surface area contributed by atoms with Gasteiger partial charge in [-0.15, -0.1) is 4.59 Å². The Labute approximate surface area is 126 Å². The molecule has 1 saturated carbocycles. The van der Waals surface area contributed by atoms with Crippen LogP contribution in [0.4, 0.5) is 0 Å². The highest BCUT2D eigenvalue weighted by Gasteiger charge is 2.44. The van der Waals surface area contributed by atoms with E-state index in [1.54, 1.807) is 6.20 Å². The van der Waals surface area contributed by atoms with E-state index in [0.717, 1.165) is 40.9 Å². The van der Waals surface area contributed by atoms with Crippen molar-refractivity contribution in [1.82, 2.24) is 0 Å². The Kier molecular flexibility index (Phi) is 3.59. The van der Waals surface area contributed by atoms with Gasteiger partial charge in [-0.3, -0.25) is 4.99 Å². The number of fused-ring (bicyclic) bond motifs is 1. The van der Waals surface area contributed by atoms with Gasteiger partial charge in [-0.05, 0) is 31.6 Å². The second kappa shape index (κ2) is 5.08. The molecule has 102 valence electrons. The molecule has 3 aliphatic rings. The lowest BCUT2D eigenvalue weighted by atomic mass is 9.80. The summed E-state index contributed by atoms with van der Waals surface area (Å²) in [6.07, 6.45) is 9.73. The van der Waals surface area contributed by atoms with Crippen molar-refractivity contribution in [2.24, 2.45) is 27.7 Å². The maximum absolute atomic E-state index is 9.22. The van der Waals surface area contributed by atoms with Crippen LogP contribution in [0.2, 0.25) is 0 Å². The highest BCUT2D eigenvalue weighted by molar-refractivity contribution is 14.1. The minimum atomic E-state index is 0.166. The van der Waals surface area contributed by atoms with Crippen LogP contribution in [0.15, 0.2) is 33.8 Å². The predicted octanol–water partition coefficient (Wildman–Crippen LogP) is 2.05. The van der Waals surface area contributed by atoms with E-state index < -0.39 is 0 Å². The first-order chi connectivity index (χ1) is 9.15. The molecular formula is C13H18IN4O+. The minimum absolute atomic E-state index is 0.166. The zero-order chi connectivity index (χ0) is 13.5. The highest BCUT2D eigenvalue weighted by atomic mass is 127. The third kappa shape index (κ3) is 2.20. The zero-order valence-corrected chi connectivity index (χ0v) is 12.8. The lowest BCUT2D eigenvalue weighted by molar-refractivity contribution is -0.745. The summed E-state index contributed by atoms with van der Waals surface area (Å²) in [5, 5.41) is 9.22. The van der Waals surface area contributed by atoms with E-state index in [2.05, 4.69) is 27.6 Å². The quantitative estimate of drug-likeness (QED) is 0.337. The average Bonchev–Trinajstić information content (AvgIpc) is 2.71. The standard InChI is InChI=1S/C13H18IN4O/c14-13-17-12(10-3-1-9(8-19)2-4-10)11-7-16-5-6-18(11,13)15/h5-7,9-10,19H,1-4,8,15H2/q+1. The third-order valence-corrected chi connectivity index (χ3v) is 5.29. The van der Waals surface area contributed by atoms with Gasteiger partial charge in [0, 0.05) is 12.5 Å². The fourth-order valence-corrected chi connectivity index (χ4v) is 3.69. The molecule has 0 amide bonds. The van der Waals surface area contributed by atoms with Gasteiger partial charge in [-0.1, -0.05) is 0 Å². The van der Waals surface area contributed by atoms with Gasteiger partial charge in [-0.2, -0.15) is 10.8 Å². The molecule has 0 spiro atoms. The summed E-state index contributed by atoms with van der Waals surface area (Å²) in [4.78, 5) is 8.90. The highest BCUT2D eigenvalue weighted by Crippen LogP contribution is 2.40. The van der Waals surface area contributed by atoms with Crippen LogP contribution in [0.25, 0.3) is 0 Å². The summed E-state index contributed by atoms with van der Waals surface area (Å²) in [5.74, 6) is 7.29. The van der Waals surface area contributed by atoms with Crippen LogP contribution >= 0.6 is 22.6 Å². The predicted molar refractivity (Wildman–Crippen MR) is 83.1 cm³/mol. The van der Waals surface area contributed by atoms with Gasteiger partial charge in [-0.25, -0.2) is 0 Å². The van der Waals surface area contributed by atoms with E-state index >= 15 is 0 Å². The van der Waals surface area contributed by atoms with E-state index in [1.165, 1.54) is 0 Å². The van der Waals surface area contributed by atoms with E-state index in [4.69, 9.17) is 10.8 Å². The third-order valence-electron chi connectivity index (χ3n) is 4.26. The van der Waals surface area contributed by atoms with E-state index in [9.17, 15) is 5.11 Å². The summed E-state index contributed by atoms with van der Waals surface area (Å²) >= 11 is 2.21. The smallest absolute Gasteiger partial charge is 0.293 e. The maximum Gasteiger partial charge on any atom is 0.293 e. The number of quaternary nitrogens is 1. The number of hydrogen-bond acceptors (Lipinski definition) is 4. The molecular weight excluding hydrogens is 355 g/mol. The Hall–Kier alpha value is -0.570. The number of hydrogen-bond donors (Lipinski definition) is 2. The number of allylic oxidation sites excluding steroid dienone is 2. The summed E-state index contributed by atoms with van der Waals surface area (Å²) < 4.78 is 1.04. The normalized spacial score (nSPS) is 37.5. The van der Waals surface area contributed by atoms with Gasteiger partial charge < -0.3 is 5.11 Å². The Balaban J connectivity index is 1.87. The largest absolute Gasteiger partial charge is 0.396 e. The number of aliphatic imine (C=N–C) groups is 2. The van der Waals surface area contributed by atoms with Crippen LogP contribution in [0.3, 0.4) is 0 Å². The lowest BCUT2D eigenvalue weighted by Gasteiger charge is -2.28. The van der Waals surface area contributed by atoms with Crippen LogP contribution in [0.1, 0.15) is 25.7 Å². The summed E-state index contributed by atoms with van der Waals surface area (Å²) in [7, 11) is 0. The van der Waals surface area contributed by atoms with Crippen molar-refractivity contribution < 1.29 is 9.70 Å². The summed E-state index contributed by atoms with van der Waals surface area (Å²) in [5.41, 5.74) is 2.09. The average molecular weight is 373 g/mol. The first kappa shape index (κ1) is 13.4. The van der Waals surface area contributed by atoms with Gasteiger partial charge in [0.2, 0.25) is 5.70 Å². The Morgan fingerprint density at radius 2 is 2.11 bits per heavy atom. The molecule has 0 bridgehead atoms. The van der Waals surface area contributed by atoms with Crippen molar-refractivity contribution in [2.45, 2.75) is 25.7 Å². The summed E-state index contributed by atoms with van der Waals surface area (Å²) in [6, 6.07) is 0. The van der Waals surface area contributed by atoms with Crippen LogP contribution in [-0.2, 0) is 0 Å². The first-order valence-corrected chi connectivity index (χ1v) is 7.71. The molecule has 1 atom stereocenters. The Morgan fingerprint density at radius 3 is 2.79 bits per heavy atom. The molecule has 0 radical (unpaired) electrons. The number of rotatable bonds is 2. The molecule has 0 aromatic rings. The maximum atomic E-state index is 9.22. The Morgan fingerprint density at radius 1 is 1.37 bits per heavy atom. The van der Waals surface area contributed by atoms with Crippen LogP contribution in [0, 0.1) is 11.8 Å². The molecule has 1 fully saturated rings. The summed E-state index contributed by atoms with van der Waals surface area (Å²) in [6.45, 7) is 0.306. The lowest BCUT2D eigenvalue weighted by Crippen LogP contribution is -2.50. The molecule has 5 nitrogen and oxygen atoms in total. The van der Waals surface area contributed by atoms with Crippen molar-refractivity contribution in [3.05, 3.63) is 23.8 Å². The molecule has 6 heteroatoms. The van der Waals surface area contributed by atoms with E-state index in [1.807, 2.05) is 12.4 Å². The monoisotopic (exact) mass is 373 g/mol. The molecule has 0 aromatic carbocycles. The van der Waals surface area contributed by atoms with Crippen molar-refractivity contribution >= 4 is 32.6 Å². The van der Waals surface area contributed by atoms with Crippen LogP contribution < -0.4 is 5.84 Å². The molecule has 3 N–H and O–H groups in total. The molecule has 3 rings (SSSR count). The molecule has 19 heavy (non-hydrogen) atoms. The van der Waals surface area contributed by atoms with Crippen molar-refractivity contribution in [2.75, 3.05) is 6.61 Å².